The van der Waals surface area contributed by atoms with Crippen molar-refractivity contribution in [2.75, 3.05) is 13.2 Å². The number of pyridine rings is 1. The highest BCUT2D eigenvalue weighted by molar-refractivity contribution is 9.10. The summed E-state index contributed by atoms with van der Waals surface area (Å²) in [6, 6.07) is 1.90. The van der Waals surface area contributed by atoms with E-state index in [9.17, 15) is 0 Å². The summed E-state index contributed by atoms with van der Waals surface area (Å²) < 4.78 is 12.0. The van der Waals surface area contributed by atoms with Crippen LogP contribution in [0.15, 0.2) is 21.2 Å². The monoisotopic (exact) mass is 282 g/mol. The molecule has 0 radical (unpaired) electrons. The summed E-state index contributed by atoms with van der Waals surface area (Å²) in [4.78, 5) is 8.64. The largest absolute Gasteiger partial charge is 0.439 e. The lowest BCUT2D eigenvalue weighted by Gasteiger charge is -2.18. The van der Waals surface area contributed by atoms with Gasteiger partial charge in [0.05, 0.1) is 0 Å². The van der Waals surface area contributed by atoms with Crippen LogP contribution < -0.4 is 0 Å². The molecule has 2 aromatic heterocycles. The normalized spacial score (nSPS) is 18.1. The number of hydrogen-bond donors (Lipinski definition) is 0. The predicted molar refractivity (Wildman–Crippen MR) is 62.3 cm³/mol. The molecule has 3 heterocycles. The lowest BCUT2D eigenvalue weighted by Crippen LogP contribution is -2.14. The highest BCUT2D eigenvalue weighted by atomic mass is 79.9. The molecule has 0 amide bonds. The Morgan fingerprint density at radius 2 is 2.12 bits per heavy atom. The van der Waals surface area contributed by atoms with Crippen molar-refractivity contribution in [1.82, 2.24) is 9.97 Å². The summed E-state index contributed by atoms with van der Waals surface area (Å²) >= 11 is 3.37. The van der Waals surface area contributed by atoms with Crippen LogP contribution in [0, 0.1) is 0 Å². The zero-order valence-electron chi connectivity index (χ0n) is 8.65. The Morgan fingerprint density at radius 3 is 2.94 bits per heavy atom. The molecule has 0 bridgehead atoms. The third-order valence-electron chi connectivity index (χ3n) is 2.80. The average Bonchev–Trinajstić information content (AvgIpc) is 2.73. The zero-order valence-corrected chi connectivity index (χ0v) is 10.2. The van der Waals surface area contributed by atoms with Gasteiger partial charge in [-0.3, -0.25) is 0 Å². The standard InChI is InChI=1S/C11H11BrN2O2/c12-8-5-9-10(13-6-8)14-11(16-9)7-1-3-15-4-2-7/h5-7H,1-4H2. The van der Waals surface area contributed by atoms with Crippen LogP contribution in [-0.2, 0) is 4.74 Å². The first-order chi connectivity index (χ1) is 7.83. The molecule has 0 aliphatic carbocycles. The lowest BCUT2D eigenvalue weighted by atomic mass is 10.0. The van der Waals surface area contributed by atoms with Crippen molar-refractivity contribution < 1.29 is 9.15 Å². The van der Waals surface area contributed by atoms with E-state index >= 15 is 0 Å². The molecule has 1 aliphatic rings. The molecule has 4 nitrogen and oxygen atoms in total. The molecular formula is C11H11BrN2O2. The van der Waals surface area contributed by atoms with Crippen molar-refractivity contribution in [3.8, 4) is 0 Å². The van der Waals surface area contributed by atoms with Gasteiger partial charge in [-0.2, -0.15) is 4.98 Å². The number of oxazole rings is 1. The van der Waals surface area contributed by atoms with Gasteiger partial charge >= 0.3 is 0 Å². The Balaban J connectivity index is 1.97. The molecule has 0 spiro atoms. The van der Waals surface area contributed by atoms with E-state index in [0.717, 1.165) is 42.0 Å². The van der Waals surface area contributed by atoms with Gasteiger partial charge in [0.15, 0.2) is 17.1 Å². The predicted octanol–water partition coefficient (Wildman–Crippen LogP) is 2.88. The summed E-state index contributed by atoms with van der Waals surface area (Å²) in [5.74, 6) is 1.17. The van der Waals surface area contributed by atoms with Crippen LogP contribution in [0.25, 0.3) is 11.2 Å². The van der Waals surface area contributed by atoms with Crippen LogP contribution in [0.3, 0.4) is 0 Å². The maximum atomic E-state index is 5.73. The van der Waals surface area contributed by atoms with Crippen LogP contribution in [0.4, 0.5) is 0 Å². The fraction of sp³-hybridized carbons (Fsp3) is 0.455. The van der Waals surface area contributed by atoms with Gasteiger partial charge in [0.25, 0.3) is 0 Å². The smallest absolute Gasteiger partial charge is 0.200 e. The molecule has 0 unspecified atom stereocenters. The van der Waals surface area contributed by atoms with E-state index in [1.807, 2.05) is 6.07 Å². The van der Waals surface area contributed by atoms with Crippen LogP contribution in [0.2, 0.25) is 0 Å². The van der Waals surface area contributed by atoms with Gasteiger partial charge in [-0.05, 0) is 28.8 Å². The van der Waals surface area contributed by atoms with E-state index in [4.69, 9.17) is 9.15 Å². The summed E-state index contributed by atoms with van der Waals surface area (Å²) in [7, 11) is 0. The first-order valence-corrected chi connectivity index (χ1v) is 6.12. The van der Waals surface area contributed by atoms with Gasteiger partial charge in [-0.15, -0.1) is 0 Å². The van der Waals surface area contributed by atoms with E-state index in [1.54, 1.807) is 6.20 Å². The Kier molecular flexibility index (Phi) is 2.65. The third kappa shape index (κ3) is 1.85. The molecule has 1 fully saturated rings. The van der Waals surface area contributed by atoms with Crippen LogP contribution in [-0.4, -0.2) is 23.2 Å². The minimum atomic E-state index is 0.377. The highest BCUT2D eigenvalue weighted by Crippen LogP contribution is 2.29. The number of rotatable bonds is 1. The molecule has 2 aromatic rings. The Hall–Kier alpha value is -0.940. The van der Waals surface area contributed by atoms with Crippen molar-refractivity contribution in [2.45, 2.75) is 18.8 Å². The van der Waals surface area contributed by atoms with E-state index in [0.29, 0.717) is 11.6 Å². The third-order valence-corrected chi connectivity index (χ3v) is 3.23. The number of hydrogen-bond acceptors (Lipinski definition) is 4. The summed E-state index contributed by atoms with van der Waals surface area (Å²) in [5, 5.41) is 0. The Morgan fingerprint density at radius 1 is 1.31 bits per heavy atom. The molecule has 16 heavy (non-hydrogen) atoms. The highest BCUT2D eigenvalue weighted by Gasteiger charge is 2.21. The van der Waals surface area contributed by atoms with Crippen LogP contribution in [0.1, 0.15) is 24.7 Å². The zero-order chi connectivity index (χ0) is 11.0. The second kappa shape index (κ2) is 4.14. The molecule has 1 aliphatic heterocycles. The number of fused-ring (bicyclic) bond motifs is 1. The molecule has 5 heteroatoms. The van der Waals surface area contributed by atoms with Gasteiger partial charge < -0.3 is 9.15 Å². The van der Waals surface area contributed by atoms with E-state index in [1.165, 1.54) is 0 Å². The number of aromatic nitrogens is 2. The van der Waals surface area contributed by atoms with Gasteiger partial charge in [0.1, 0.15) is 0 Å². The fourth-order valence-corrected chi connectivity index (χ4v) is 2.24. The van der Waals surface area contributed by atoms with Crippen LogP contribution in [0.5, 0.6) is 0 Å². The quantitative estimate of drug-likeness (QED) is 0.807. The van der Waals surface area contributed by atoms with Gasteiger partial charge in [0.2, 0.25) is 0 Å². The molecule has 0 N–H and O–H groups in total. The molecule has 84 valence electrons. The summed E-state index contributed by atoms with van der Waals surface area (Å²) in [6.45, 7) is 1.58. The minimum absolute atomic E-state index is 0.377. The maximum Gasteiger partial charge on any atom is 0.200 e. The number of ether oxygens (including phenoxy) is 1. The molecule has 0 atom stereocenters. The van der Waals surface area contributed by atoms with E-state index in [-0.39, 0.29) is 0 Å². The van der Waals surface area contributed by atoms with E-state index in [2.05, 4.69) is 25.9 Å². The second-order valence-electron chi connectivity index (χ2n) is 3.91. The maximum absolute atomic E-state index is 5.73. The Labute approximate surface area is 101 Å². The topological polar surface area (TPSA) is 48.2 Å². The fourth-order valence-electron chi connectivity index (χ4n) is 1.93. The van der Waals surface area contributed by atoms with Crippen molar-refractivity contribution in [3.05, 3.63) is 22.6 Å². The molecular weight excluding hydrogens is 272 g/mol. The van der Waals surface area contributed by atoms with Crippen LogP contribution >= 0.6 is 15.9 Å². The second-order valence-corrected chi connectivity index (χ2v) is 4.83. The first-order valence-electron chi connectivity index (χ1n) is 5.32. The number of nitrogens with zero attached hydrogens (tertiary/aromatic N) is 2. The summed E-state index contributed by atoms with van der Waals surface area (Å²) in [5.41, 5.74) is 1.43. The first kappa shape index (κ1) is 10.2. The Bertz CT molecular complexity index is 506. The SMILES string of the molecule is Brc1cnc2nc(C3CCOCC3)oc2c1. The molecule has 0 saturated carbocycles. The summed E-state index contributed by atoms with van der Waals surface area (Å²) in [6.07, 6.45) is 3.70. The molecule has 0 aromatic carbocycles. The van der Waals surface area contributed by atoms with Gasteiger partial charge in [0, 0.05) is 35.9 Å². The van der Waals surface area contributed by atoms with Crippen molar-refractivity contribution in [1.29, 1.82) is 0 Å². The molecule has 1 saturated heterocycles. The van der Waals surface area contributed by atoms with Crippen molar-refractivity contribution in [2.24, 2.45) is 0 Å². The molecule has 3 rings (SSSR count). The lowest BCUT2D eigenvalue weighted by molar-refractivity contribution is 0.0798. The van der Waals surface area contributed by atoms with Gasteiger partial charge in [-0.25, -0.2) is 4.98 Å². The number of halogens is 1. The van der Waals surface area contributed by atoms with Crippen molar-refractivity contribution in [3.63, 3.8) is 0 Å². The average molecular weight is 283 g/mol. The minimum Gasteiger partial charge on any atom is -0.439 e. The van der Waals surface area contributed by atoms with E-state index < -0.39 is 0 Å². The van der Waals surface area contributed by atoms with Gasteiger partial charge in [-0.1, -0.05) is 0 Å². The van der Waals surface area contributed by atoms with Crippen molar-refractivity contribution >= 4 is 27.2 Å².